The molecule has 160 valence electrons. The van der Waals surface area contributed by atoms with Gasteiger partial charge in [0, 0.05) is 5.56 Å². The first-order valence-corrected chi connectivity index (χ1v) is 11.5. The first-order chi connectivity index (χ1) is 14.0. The summed E-state index contributed by atoms with van der Waals surface area (Å²) in [4.78, 5) is 0. The van der Waals surface area contributed by atoms with Crippen LogP contribution in [0.3, 0.4) is 0 Å². The number of aryl methyl sites for hydroxylation is 3. The molecule has 0 aromatic heterocycles. The van der Waals surface area contributed by atoms with Gasteiger partial charge in [0.25, 0.3) is 0 Å². The van der Waals surface area contributed by atoms with E-state index in [9.17, 15) is 0 Å². The number of rotatable bonds is 13. The zero-order valence-electron chi connectivity index (χ0n) is 19.3. The summed E-state index contributed by atoms with van der Waals surface area (Å²) in [7, 11) is 0. The molecular weight excluding hydrogens is 356 g/mol. The molecule has 0 heterocycles. The predicted octanol–water partition coefficient (Wildman–Crippen LogP) is 8.20. The largest absolute Gasteiger partial charge is 0.493 e. The van der Waals surface area contributed by atoms with Gasteiger partial charge in [0.2, 0.25) is 0 Å². The van der Waals surface area contributed by atoms with Crippen LogP contribution < -0.4 is 9.47 Å². The molecule has 0 fully saturated rings. The third-order valence-electron chi connectivity index (χ3n) is 5.32. The van der Waals surface area contributed by atoms with Crippen molar-refractivity contribution in [2.24, 2.45) is 0 Å². The molecule has 0 saturated carbocycles. The SMILES string of the molecule is CCCCCCOc1cc(-c2cc(C)cc(C)c2)c(OCCCCCC)cc1C. The third kappa shape index (κ3) is 7.76. The van der Waals surface area contributed by atoms with Crippen LogP contribution in [0.15, 0.2) is 30.3 Å². The van der Waals surface area contributed by atoms with Crippen molar-refractivity contribution in [1.82, 2.24) is 0 Å². The molecule has 0 saturated heterocycles. The van der Waals surface area contributed by atoms with E-state index in [0.717, 1.165) is 48.7 Å². The lowest BCUT2D eigenvalue weighted by molar-refractivity contribution is 0.296. The van der Waals surface area contributed by atoms with E-state index in [4.69, 9.17) is 9.47 Å². The standard InChI is InChI=1S/C27H40O2/c1-6-8-10-12-14-28-26-20-25(24-17-21(3)16-22(4)18-24)27(19-23(26)5)29-15-13-11-9-7-2/h16-20H,6-15H2,1-5H3. The summed E-state index contributed by atoms with van der Waals surface area (Å²) >= 11 is 0. The third-order valence-corrected chi connectivity index (χ3v) is 5.32. The summed E-state index contributed by atoms with van der Waals surface area (Å²) < 4.78 is 12.4. The van der Waals surface area contributed by atoms with Crippen LogP contribution in [-0.2, 0) is 0 Å². The van der Waals surface area contributed by atoms with Crippen molar-refractivity contribution in [2.75, 3.05) is 13.2 Å². The van der Waals surface area contributed by atoms with E-state index < -0.39 is 0 Å². The topological polar surface area (TPSA) is 18.5 Å². The van der Waals surface area contributed by atoms with Crippen LogP contribution in [0, 0.1) is 20.8 Å². The average Bonchev–Trinajstić information content (AvgIpc) is 2.68. The molecule has 0 amide bonds. The lowest BCUT2D eigenvalue weighted by Gasteiger charge is -2.17. The highest BCUT2D eigenvalue weighted by Crippen LogP contribution is 2.37. The zero-order chi connectivity index (χ0) is 21.1. The molecule has 0 aliphatic rings. The van der Waals surface area contributed by atoms with Gasteiger partial charge in [-0.25, -0.2) is 0 Å². The van der Waals surface area contributed by atoms with Gasteiger partial charge in [0.1, 0.15) is 11.5 Å². The first kappa shape index (κ1) is 23.3. The van der Waals surface area contributed by atoms with Crippen LogP contribution in [0.4, 0.5) is 0 Å². The fourth-order valence-electron chi connectivity index (χ4n) is 3.71. The number of hydrogen-bond acceptors (Lipinski definition) is 2. The van der Waals surface area contributed by atoms with Crippen molar-refractivity contribution in [3.8, 4) is 22.6 Å². The molecule has 0 spiro atoms. The maximum Gasteiger partial charge on any atom is 0.127 e. The Balaban J connectivity index is 2.22. The number of hydrogen-bond donors (Lipinski definition) is 0. The Bertz CT molecular complexity index is 728. The first-order valence-electron chi connectivity index (χ1n) is 11.5. The fourth-order valence-corrected chi connectivity index (χ4v) is 3.71. The van der Waals surface area contributed by atoms with Crippen LogP contribution in [0.2, 0.25) is 0 Å². The monoisotopic (exact) mass is 396 g/mol. The van der Waals surface area contributed by atoms with Gasteiger partial charge < -0.3 is 9.47 Å². The Kier molecular flexibility index (Phi) is 10.1. The molecule has 0 atom stereocenters. The molecule has 0 N–H and O–H groups in total. The highest BCUT2D eigenvalue weighted by atomic mass is 16.5. The quantitative estimate of drug-likeness (QED) is 0.318. The molecule has 29 heavy (non-hydrogen) atoms. The minimum absolute atomic E-state index is 0.772. The van der Waals surface area contributed by atoms with Crippen molar-refractivity contribution in [3.63, 3.8) is 0 Å². The van der Waals surface area contributed by atoms with E-state index in [1.165, 1.54) is 55.2 Å². The molecule has 0 aliphatic heterocycles. The summed E-state index contributed by atoms with van der Waals surface area (Å²) in [6.07, 6.45) is 9.73. The Labute approximate surface area is 178 Å². The highest BCUT2D eigenvalue weighted by Gasteiger charge is 2.13. The second-order valence-corrected chi connectivity index (χ2v) is 8.31. The Morgan fingerprint density at radius 3 is 1.69 bits per heavy atom. The Morgan fingerprint density at radius 1 is 0.586 bits per heavy atom. The summed E-state index contributed by atoms with van der Waals surface area (Å²) in [5.41, 5.74) is 6.05. The van der Waals surface area contributed by atoms with Gasteiger partial charge >= 0.3 is 0 Å². The summed E-state index contributed by atoms with van der Waals surface area (Å²) in [5, 5.41) is 0. The van der Waals surface area contributed by atoms with Crippen LogP contribution in [0.5, 0.6) is 11.5 Å². The molecule has 0 bridgehead atoms. The molecule has 2 nitrogen and oxygen atoms in total. The van der Waals surface area contributed by atoms with Gasteiger partial charge in [-0.2, -0.15) is 0 Å². The van der Waals surface area contributed by atoms with Gasteiger partial charge in [-0.15, -0.1) is 0 Å². The maximum atomic E-state index is 6.26. The van der Waals surface area contributed by atoms with Gasteiger partial charge in [-0.1, -0.05) is 81.7 Å². The van der Waals surface area contributed by atoms with Gasteiger partial charge in [0.05, 0.1) is 13.2 Å². The van der Waals surface area contributed by atoms with Crippen LogP contribution in [-0.4, -0.2) is 13.2 Å². The van der Waals surface area contributed by atoms with Crippen LogP contribution in [0.25, 0.3) is 11.1 Å². The molecule has 0 radical (unpaired) electrons. The van der Waals surface area contributed by atoms with E-state index in [1.807, 2.05) is 0 Å². The van der Waals surface area contributed by atoms with Crippen molar-refractivity contribution in [1.29, 1.82) is 0 Å². The van der Waals surface area contributed by atoms with Crippen molar-refractivity contribution in [2.45, 2.75) is 86.0 Å². The fraction of sp³-hybridized carbons (Fsp3) is 0.556. The predicted molar refractivity (Wildman–Crippen MR) is 125 cm³/mol. The Hall–Kier alpha value is -1.96. The van der Waals surface area contributed by atoms with Crippen LogP contribution >= 0.6 is 0 Å². The summed E-state index contributed by atoms with van der Waals surface area (Å²) in [6.45, 7) is 12.5. The molecule has 2 aromatic rings. The number of ether oxygens (including phenoxy) is 2. The van der Waals surface area contributed by atoms with Gasteiger partial charge in [0.15, 0.2) is 0 Å². The molecule has 2 aromatic carbocycles. The van der Waals surface area contributed by atoms with E-state index in [-0.39, 0.29) is 0 Å². The van der Waals surface area contributed by atoms with E-state index >= 15 is 0 Å². The molecule has 0 unspecified atom stereocenters. The minimum Gasteiger partial charge on any atom is -0.493 e. The second kappa shape index (κ2) is 12.6. The lowest BCUT2D eigenvalue weighted by atomic mass is 9.98. The highest BCUT2D eigenvalue weighted by molar-refractivity contribution is 5.74. The van der Waals surface area contributed by atoms with Crippen molar-refractivity contribution >= 4 is 0 Å². The molecule has 0 aliphatic carbocycles. The number of unbranched alkanes of at least 4 members (excludes halogenated alkanes) is 6. The zero-order valence-corrected chi connectivity index (χ0v) is 19.3. The normalized spacial score (nSPS) is 10.9. The molecule has 2 heteroatoms. The van der Waals surface area contributed by atoms with E-state index in [2.05, 4.69) is 65.0 Å². The lowest BCUT2D eigenvalue weighted by Crippen LogP contribution is -2.03. The van der Waals surface area contributed by atoms with Gasteiger partial charge in [-0.05, 0) is 56.9 Å². The summed E-state index contributed by atoms with van der Waals surface area (Å²) in [5.74, 6) is 1.95. The average molecular weight is 397 g/mol. The minimum atomic E-state index is 0.772. The second-order valence-electron chi connectivity index (χ2n) is 8.31. The van der Waals surface area contributed by atoms with Crippen molar-refractivity contribution in [3.05, 3.63) is 47.0 Å². The van der Waals surface area contributed by atoms with Crippen molar-refractivity contribution < 1.29 is 9.47 Å². The summed E-state index contributed by atoms with van der Waals surface area (Å²) in [6, 6.07) is 11.0. The maximum absolute atomic E-state index is 6.26. The van der Waals surface area contributed by atoms with E-state index in [0.29, 0.717) is 0 Å². The smallest absolute Gasteiger partial charge is 0.127 e. The molecule has 2 rings (SSSR count). The van der Waals surface area contributed by atoms with Crippen LogP contribution in [0.1, 0.15) is 81.9 Å². The number of benzene rings is 2. The van der Waals surface area contributed by atoms with E-state index in [1.54, 1.807) is 0 Å². The molecular formula is C27H40O2. The van der Waals surface area contributed by atoms with Gasteiger partial charge in [-0.3, -0.25) is 0 Å². The Morgan fingerprint density at radius 2 is 1.14 bits per heavy atom.